The first-order chi connectivity index (χ1) is 10.5. The topological polar surface area (TPSA) is 63.6 Å². The number of ketones is 1. The number of carbonyl (C=O) groups excluding carboxylic acids is 2. The number of hydrogen-bond acceptors (Lipinski definition) is 5. The standard InChI is InChI=1S/C17H32O4S/c1-4-6-11-21-17(20)10-13-22-12-9-16(19)8-7-15(5-2)14(3)18/h15-16,19H,4-13H2,1-3H3. The summed E-state index contributed by atoms with van der Waals surface area (Å²) in [6.45, 7) is 6.21. The second kappa shape index (κ2) is 14.1. The van der Waals surface area contributed by atoms with E-state index < -0.39 is 0 Å². The number of carbonyl (C=O) groups is 2. The molecule has 0 fully saturated rings. The van der Waals surface area contributed by atoms with Crippen molar-refractivity contribution in [3.05, 3.63) is 0 Å². The molecule has 0 aliphatic carbocycles. The number of unbranched alkanes of at least 4 members (excludes halogenated alkanes) is 1. The Kier molecular flexibility index (Phi) is 13.7. The number of hydrogen-bond donors (Lipinski definition) is 1. The summed E-state index contributed by atoms with van der Waals surface area (Å²) in [6.07, 6.45) is 5.04. The van der Waals surface area contributed by atoms with Crippen molar-refractivity contribution in [2.24, 2.45) is 5.92 Å². The summed E-state index contributed by atoms with van der Waals surface area (Å²) in [5, 5.41) is 9.91. The number of aliphatic hydroxyl groups is 1. The smallest absolute Gasteiger partial charge is 0.306 e. The second-order valence-electron chi connectivity index (χ2n) is 5.67. The lowest BCUT2D eigenvalue weighted by Gasteiger charge is -2.14. The van der Waals surface area contributed by atoms with Crippen LogP contribution in [-0.4, -0.2) is 41.1 Å². The summed E-state index contributed by atoms with van der Waals surface area (Å²) >= 11 is 1.67. The highest BCUT2D eigenvalue weighted by Gasteiger charge is 2.14. The normalized spacial score (nSPS) is 13.6. The van der Waals surface area contributed by atoms with E-state index in [0.717, 1.165) is 37.2 Å². The fourth-order valence-corrected chi connectivity index (χ4v) is 3.07. The number of rotatable bonds is 14. The van der Waals surface area contributed by atoms with Gasteiger partial charge in [-0.15, -0.1) is 0 Å². The van der Waals surface area contributed by atoms with Crippen LogP contribution >= 0.6 is 11.8 Å². The maximum Gasteiger partial charge on any atom is 0.306 e. The Morgan fingerprint density at radius 3 is 2.45 bits per heavy atom. The van der Waals surface area contributed by atoms with Gasteiger partial charge in [0.1, 0.15) is 5.78 Å². The zero-order valence-electron chi connectivity index (χ0n) is 14.3. The number of Topliss-reactive ketones (excluding diaryl/α,β-unsaturated/α-hetero) is 1. The summed E-state index contributed by atoms with van der Waals surface area (Å²) < 4.78 is 5.08. The molecule has 2 atom stereocenters. The molecule has 0 aliphatic heterocycles. The zero-order valence-corrected chi connectivity index (χ0v) is 15.1. The largest absolute Gasteiger partial charge is 0.466 e. The van der Waals surface area contributed by atoms with Gasteiger partial charge in [-0.3, -0.25) is 9.59 Å². The van der Waals surface area contributed by atoms with Crippen LogP contribution in [-0.2, 0) is 14.3 Å². The number of aliphatic hydroxyl groups excluding tert-OH is 1. The predicted molar refractivity (Wildman–Crippen MR) is 92.1 cm³/mol. The van der Waals surface area contributed by atoms with Crippen molar-refractivity contribution in [2.75, 3.05) is 18.1 Å². The van der Waals surface area contributed by atoms with E-state index in [1.54, 1.807) is 18.7 Å². The molecule has 0 aromatic heterocycles. The number of ether oxygens (including phenoxy) is 1. The van der Waals surface area contributed by atoms with Crippen LogP contribution in [0.25, 0.3) is 0 Å². The third-order valence-corrected chi connectivity index (χ3v) is 4.74. The fraction of sp³-hybridized carbons (Fsp3) is 0.882. The van der Waals surface area contributed by atoms with Crippen molar-refractivity contribution in [3.8, 4) is 0 Å². The Morgan fingerprint density at radius 1 is 1.14 bits per heavy atom. The van der Waals surface area contributed by atoms with Crippen LogP contribution in [0.5, 0.6) is 0 Å². The molecule has 0 radical (unpaired) electrons. The average Bonchev–Trinajstić information content (AvgIpc) is 2.47. The Morgan fingerprint density at radius 2 is 1.86 bits per heavy atom. The third kappa shape index (κ3) is 12.0. The number of thioether (sulfide) groups is 1. The van der Waals surface area contributed by atoms with Crippen LogP contribution in [0.1, 0.15) is 65.7 Å². The van der Waals surface area contributed by atoms with Gasteiger partial charge in [0.2, 0.25) is 0 Å². The highest BCUT2D eigenvalue weighted by molar-refractivity contribution is 7.99. The highest BCUT2D eigenvalue weighted by atomic mass is 32.2. The van der Waals surface area contributed by atoms with E-state index in [-0.39, 0.29) is 23.8 Å². The lowest BCUT2D eigenvalue weighted by atomic mass is 9.94. The van der Waals surface area contributed by atoms with Gasteiger partial charge in [-0.25, -0.2) is 0 Å². The zero-order chi connectivity index (χ0) is 16.8. The van der Waals surface area contributed by atoms with Gasteiger partial charge in [-0.1, -0.05) is 20.3 Å². The summed E-state index contributed by atoms with van der Waals surface area (Å²) in [5.41, 5.74) is 0. The predicted octanol–water partition coefficient (Wildman–Crippen LogP) is 3.60. The van der Waals surface area contributed by atoms with Gasteiger partial charge in [-0.05, 0) is 44.8 Å². The summed E-state index contributed by atoms with van der Waals surface area (Å²) in [4.78, 5) is 22.7. The third-order valence-electron chi connectivity index (χ3n) is 3.72. The molecule has 0 heterocycles. The van der Waals surface area contributed by atoms with E-state index in [2.05, 4.69) is 6.92 Å². The SMILES string of the molecule is CCCCOC(=O)CCSCCC(O)CCC(CC)C(C)=O. The van der Waals surface area contributed by atoms with E-state index in [1.807, 2.05) is 6.92 Å². The van der Waals surface area contributed by atoms with Gasteiger partial charge in [0, 0.05) is 11.7 Å². The first-order valence-electron chi connectivity index (χ1n) is 8.43. The molecule has 4 nitrogen and oxygen atoms in total. The first-order valence-corrected chi connectivity index (χ1v) is 9.58. The molecule has 0 saturated carbocycles. The summed E-state index contributed by atoms with van der Waals surface area (Å²) in [7, 11) is 0. The summed E-state index contributed by atoms with van der Waals surface area (Å²) in [5.74, 6) is 1.74. The van der Waals surface area contributed by atoms with E-state index in [9.17, 15) is 14.7 Å². The molecule has 0 spiro atoms. The monoisotopic (exact) mass is 332 g/mol. The van der Waals surface area contributed by atoms with Gasteiger partial charge >= 0.3 is 5.97 Å². The molecule has 0 saturated heterocycles. The maximum atomic E-state index is 11.4. The lowest BCUT2D eigenvalue weighted by molar-refractivity contribution is -0.143. The summed E-state index contributed by atoms with van der Waals surface area (Å²) in [6, 6.07) is 0. The molecule has 2 unspecified atom stereocenters. The highest BCUT2D eigenvalue weighted by Crippen LogP contribution is 2.16. The first kappa shape index (κ1) is 21.4. The molecule has 0 bridgehead atoms. The van der Waals surface area contributed by atoms with Crippen LogP contribution < -0.4 is 0 Å². The molecule has 0 aliphatic rings. The molecule has 0 rings (SSSR count). The Balaban J connectivity index is 3.54. The van der Waals surface area contributed by atoms with Crippen LogP contribution in [0.15, 0.2) is 0 Å². The second-order valence-corrected chi connectivity index (χ2v) is 6.90. The molecule has 1 N–H and O–H groups in total. The van der Waals surface area contributed by atoms with Gasteiger partial charge in [0.05, 0.1) is 19.1 Å². The van der Waals surface area contributed by atoms with Crippen molar-refractivity contribution >= 4 is 23.5 Å². The molecule has 0 aromatic carbocycles. The maximum absolute atomic E-state index is 11.4. The van der Waals surface area contributed by atoms with E-state index in [1.165, 1.54) is 0 Å². The minimum absolute atomic E-state index is 0.0835. The van der Waals surface area contributed by atoms with E-state index in [4.69, 9.17) is 4.74 Å². The Hall–Kier alpha value is -0.550. The van der Waals surface area contributed by atoms with E-state index in [0.29, 0.717) is 25.9 Å². The molecule has 130 valence electrons. The van der Waals surface area contributed by atoms with Crippen LogP contribution in [0.2, 0.25) is 0 Å². The minimum Gasteiger partial charge on any atom is -0.466 e. The lowest BCUT2D eigenvalue weighted by Crippen LogP contribution is -2.15. The molecule has 0 aromatic rings. The van der Waals surface area contributed by atoms with Crippen LogP contribution in [0, 0.1) is 5.92 Å². The fourth-order valence-electron chi connectivity index (χ4n) is 2.11. The molecular weight excluding hydrogens is 300 g/mol. The van der Waals surface area contributed by atoms with Crippen LogP contribution in [0.3, 0.4) is 0 Å². The Labute approximate surface area is 139 Å². The molecule has 0 amide bonds. The molecular formula is C17H32O4S. The Bertz CT molecular complexity index is 307. The van der Waals surface area contributed by atoms with Gasteiger partial charge in [0.15, 0.2) is 0 Å². The quantitative estimate of drug-likeness (QED) is 0.389. The van der Waals surface area contributed by atoms with Gasteiger partial charge in [0.25, 0.3) is 0 Å². The van der Waals surface area contributed by atoms with Crippen molar-refractivity contribution < 1.29 is 19.4 Å². The van der Waals surface area contributed by atoms with Crippen molar-refractivity contribution in [3.63, 3.8) is 0 Å². The molecule has 22 heavy (non-hydrogen) atoms. The number of esters is 1. The molecule has 5 heteroatoms. The minimum atomic E-state index is -0.350. The van der Waals surface area contributed by atoms with Gasteiger partial charge in [-0.2, -0.15) is 11.8 Å². The van der Waals surface area contributed by atoms with E-state index >= 15 is 0 Å². The van der Waals surface area contributed by atoms with Crippen molar-refractivity contribution in [1.82, 2.24) is 0 Å². The van der Waals surface area contributed by atoms with Crippen LogP contribution in [0.4, 0.5) is 0 Å². The van der Waals surface area contributed by atoms with Crippen molar-refractivity contribution in [2.45, 2.75) is 71.8 Å². The van der Waals surface area contributed by atoms with Gasteiger partial charge < -0.3 is 9.84 Å². The van der Waals surface area contributed by atoms with Crippen molar-refractivity contribution in [1.29, 1.82) is 0 Å². The average molecular weight is 333 g/mol.